The van der Waals surface area contributed by atoms with Gasteiger partial charge in [-0.3, -0.25) is 4.79 Å². The molecule has 0 aliphatic heterocycles. The summed E-state index contributed by atoms with van der Waals surface area (Å²) in [6.07, 6.45) is 0.257. The monoisotopic (exact) mass is 287 g/mol. The zero-order valence-corrected chi connectivity index (χ0v) is 10.8. The highest BCUT2D eigenvalue weighted by atomic mass is 79.9. The van der Waals surface area contributed by atoms with Crippen molar-refractivity contribution < 1.29 is 14.6 Å². The number of phenolic OH excluding ortho intramolecular Hbond substituents is 1. The Labute approximate surface area is 103 Å². The van der Waals surface area contributed by atoms with Crippen LogP contribution in [0.2, 0.25) is 0 Å². The van der Waals surface area contributed by atoms with E-state index in [1.165, 1.54) is 7.11 Å². The molecular weight excluding hydrogens is 274 g/mol. The van der Waals surface area contributed by atoms with Crippen LogP contribution >= 0.6 is 15.9 Å². The topological polar surface area (TPSA) is 72.5 Å². The number of Topliss-reactive ketones (excluding diaryl/α,β-unsaturated/α-hetero) is 1. The Bertz CT molecular complexity index is 418. The summed E-state index contributed by atoms with van der Waals surface area (Å²) in [5.41, 5.74) is 6.40. The number of carbonyl (C=O) groups excluding carboxylic acids is 1. The van der Waals surface area contributed by atoms with Crippen molar-refractivity contribution in [2.45, 2.75) is 13.3 Å². The molecule has 0 aliphatic carbocycles. The smallest absolute Gasteiger partial charge is 0.167 e. The summed E-state index contributed by atoms with van der Waals surface area (Å²) in [7, 11) is 1.45. The molecule has 1 aromatic carbocycles. The van der Waals surface area contributed by atoms with Gasteiger partial charge in [-0.1, -0.05) is 0 Å². The SMILES string of the molecule is COc1c(C(=O)CCN)cc(C)c(O)c1Br. The number of hydrogen-bond acceptors (Lipinski definition) is 4. The van der Waals surface area contributed by atoms with Crippen LogP contribution in [-0.4, -0.2) is 24.5 Å². The minimum Gasteiger partial charge on any atom is -0.506 e. The second-order valence-corrected chi connectivity index (χ2v) is 4.19. The van der Waals surface area contributed by atoms with Crippen LogP contribution in [0.5, 0.6) is 11.5 Å². The maximum absolute atomic E-state index is 11.8. The maximum atomic E-state index is 11.8. The van der Waals surface area contributed by atoms with Gasteiger partial charge in [0, 0.05) is 6.42 Å². The van der Waals surface area contributed by atoms with Crippen molar-refractivity contribution >= 4 is 21.7 Å². The molecule has 0 saturated carbocycles. The number of phenols is 1. The number of ether oxygens (including phenoxy) is 1. The first-order chi connectivity index (χ1) is 7.52. The van der Waals surface area contributed by atoms with Gasteiger partial charge in [0.2, 0.25) is 0 Å². The molecule has 1 rings (SSSR count). The van der Waals surface area contributed by atoms with Crippen molar-refractivity contribution in [2.75, 3.05) is 13.7 Å². The molecule has 0 unspecified atom stereocenters. The highest BCUT2D eigenvalue weighted by molar-refractivity contribution is 9.10. The van der Waals surface area contributed by atoms with Gasteiger partial charge >= 0.3 is 0 Å². The lowest BCUT2D eigenvalue weighted by atomic mass is 10.0. The van der Waals surface area contributed by atoms with Crippen LogP contribution in [0.15, 0.2) is 10.5 Å². The van der Waals surface area contributed by atoms with E-state index < -0.39 is 0 Å². The van der Waals surface area contributed by atoms with Crippen LogP contribution < -0.4 is 10.5 Å². The highest BCUT2D eigenvalue weighted by Crippen LogP contribution is 2.39. The van der Waals surface area contributed by atoms with Crippen molar-refractivity contribution in [1.29, 1.82) is 0 Å². The molecule has 0 amide bonds. The maximum Gasteiger partial charge on any atom is 0.167 e. The fourth-order valence-corrected chi connectivity index (χ4v) is 2.11. The van der Waals surface area contributed by atoms with Gasteiger partial charge in [-0.2, -0.15) is 0 Å². The molecule has 0 spiro atoms. The van der Waals surface area contributed by atoms with Gasteiger partial charge in [-0.05, 0) is 41.0 Å². The van der Waals surface area contributed by atoms with Crippen molar-refractivity contribution in [1.82, 2.24) is 0 Å². The summed E-state index contributed by atoms with van der Waals surface area (Å²) in [5, 5.41) is 9.69. The molecule has 0 heterocycles. The summed E-state index contributed by atoms with van der Waals surface area (Å²) in [4.78, 5) is 11.8. The minimum absolute atomic E-state index is 0.0844. The number of aryl methyl sites for hydroxylation is 1. The predicted molar refractivity (Wildman–Crippen MR) is 65.1 cm³/mol. The summed E-state index contributed by atoms with van der Waals surface area (Å²) in [5.74, 6) is 0.339. The summed E-state index contributed by atoms with van der Waals surface area (Å²) in [6.45, 7) is 2.01. The van der Waals surface area contributed by atoms with Crippen LogP contribution in [0.1, 0.15) is 22.3 Å². The fraction of sp³-hybridized carbons (Fsp3) is 0.364. The molecule has 0 saturated heterocycles. The summed E-state index contributed by atoms with van der Waals surface area (Å²) < 4.78 is 5.51. The van der Waals surface area contributed by atoms with Gasteiger partial charge < -0.3 is 15.6 Å². The van der Waals surface area contributed by atoms with E-state index in [2.05, 4.69) is 15.9 Å². The van der Waals surface area contributed by atoms with Crippen LogP contribution in [-0.2, 0) is 0 Å². The van der Waals surface area contributed by atoms with E-state index in [9.17, 15) is 9.90 Å². The molecule has 0 bridgehead atoms. The van der Waals surface area contributed by atoms with Crippen LogP contribution in [0.25, 0.3) is 0 Å². The Morgan fingerprint density at radius 1 is 1.62 bits per heavy atom. The van der Waals surface area contributed by atoms with Crippen molar-refractivity contribution in [3.63, 3.8) is 0 Å². The van der Waals surface area contributed by atoms with Gasteiger partial charge in [-0.25, -0.2) is 0 Å². The summed E-state index contributed by atoms with van der Waals surface area (Å²) >= 11 is 3.20. The third-order valence-corrected chi connectivity index (χ3v) is 3.00. The number of halogens is 1. The van der Waals surface area contributed by atoms with Gasteiger partial charge in [-0.15, -0.1) is 0 Å². The fourth-order valence-electron chi connectivity index (χ4n) is 1.42. The molecule has 0 radical (unpaired) electrons. The van der Waals surface area contributed by atoms with E-state index in [4.69, 9.17) is 10.5 Å². The van der Waals surface area contributed by atoms with Crippen LogP contribution in [0, 0.1) is 6.92 Å². The number of hydrogen-bond donors (Lipinski definition) is 2. The number of ketones is 1. The van der Waals surface area contributed by atoms with Crippen molar-refractivity contribution in [3.05, 3.63) is 21.7 Å². The van der Waals surface area contributed by atoms with Gasteiger partial charge in [0.15, 0.2) is 5.78 Å². The van der Waals surface area contributed by atoms with E-state index in [-0.39, 0.29) is 18.0 Å². The molecule has 88 valence electrons. The third kappa shape index (κ3) is 2.36. The largest absolute Gasteiger partial charge is 0.506 e. The molecular formula is C11H14BrNO3. The van der Waals surface area contributed by atoms with Crippen LogP contribution in [0.3, 0.4) is 0 Å². The van der Waals surface area contributed by atoms with Gasteiger partial charge in [0.25, 0.3) is 0 Å². The van der Waals surface area contributed by atoms with E-state index in [0.29, 0.717) is 27.9 Å². The van der Waals surface area contributed by atoms with Crippen molar-refractivity contribution in [2.24, 2.45) is 5.73 Å². The lowest BCUT2D eigenvalue weighted by Crippen LogP contribution is -2.10. The second-order valence-electron chi connectivity index (χ2n) is 3.40. The predicted octanol–water partition coefficient (Wildman–Crippen LogP) is 2.00. The average molecular weight is 288 g/mol. The third-order valence-electron chi connectivity index (χ3n) is 2.26. The van der Waals surface area contributed by atoms with E-state index >= 15 is 0 Å². The molecule has 0 fully saturated rings. The molecule has 5 heteroatoms. The van der Waals surface area contributed by atoms with E-state index in [1.807, 2.05) is 0 Å². The average Bonchev–Trinajstić information content (AvgIpc) is 2.26. The van der Waals surface area contributed by atoms with Crippen LogP contribution in [0.4, 0.5) is 0 Å². The number of aromatic hydroxyl groups is 1. The Kier molecular flexibility index (Phi) is 4.32. The number of carbonyl (C=O) groups is 1. The molecule has 0 aliphatic rings. The molecule has 4 nitrogen and oxygen atoms in total. The zero-order chi connectivity index (χ0) is 12.3. The highest BCUT2D eigenvalue weighted by Gasteiger charge is 2.19. The Balaban J connectivity index is 3.33. The lowest BCUT2D eigenvalue weighted by Gasteiger charge is -2.12. The quantitative estimate of drug-likeness (QED) is 0.831. The molecule has 0 aromatic heterocycles. The minimum atomic E-state index is -0.0943. The first-order valence-electron chi connectivity index (χ1n) is 4.82. The Morgan fingerprint density at radius 3 is 2.75 bits per heavy atom. The number of nitrogens with two attached hydrogens (primary N) is 1. The second kappa shape index (κ2) is 5.32. The number of rotatable bonds is 4. The normalized spacial score (nSPS) is 10.2. The summed E-state index contributed by atoms with van der Waals surface area (Å²) in [6, 6.07) is 1.61. The first-order valence-corrected chi connectivity index (χ1v) is 5.61. The zero-order valence-electron chi connectivity index (χ0n) is 9.21. The Hall–Kier alpha value is -1.07. The number of benzene rings is 1. The first kappa shape index (κ1) is 13.0. The molecule has 0 atom stereocenters. The lowest BCUT2D eigenvalue weighted by molar-refractivity contribution is 0.0982. The van der Waals surface area contributed by atoms with Crippen molar-refractivity contribution in [3.8, 4) is 11.5 Å². The molecule has 3 N–H and O–H groups in total. The molecule has 16 heavy (non-hydrogen) atoms. The standard InChI is InChI=1S/C11H14BrNO3/c1-6-5-7(8(14)3-4-13)11(16-2)9(12)10(6)15/h5,15H,3-4,13H2,1-2H3. The van der Waals surface area contributed by atoms with Gasteiger partial charge in [0.05, 0.1) is 12.7 Å². The van der Waals surface area contributed by atoms with E-state index in [0.717, 1.165) is 0 Å². The number of methoxy groups -OCH3 is 1. The Morgan fingerprint density at radius 2 is 2.25 bits per heavy atom. The molecule has 1 aromatic rings. The van der Waals surface area contributed by atoms with Gasteiger partial charge in [0.1, 0.15) is 16.0 Å². The van der Waals surface area contributed by atoms with E-state index in [1.54, 1.807) is 13.0 Å².